The first-order chi connectivity index (χ1) is 15.0. The van der Waals surface area contributed by atoms with E-state index in [2.05, 4.69) is 11.1 Å². The Morgan fingerprint density at radius 3 is 2.31 bits per heavy atom. The van der Waals surface area contributed by atoms with Crippen LogP contribution in [0.1, 0.15) is 30.5 Å². The van der Waals surface area contributed by atoms with Crippen LogP contribution in [0.25, 0.3) is 10.9 Å². The van der Waals surface area contributed by atoms with Crippen LogP contribution in [0.2, 0.25) is 0 Å². The zero-order valence-corrected chi connectivity index (χ0v) is 17.6. The number of nitrogens with one attached hydrogen (secondary N) is 1. The molecular weight excluding hydrogens is 439 g/mol. The molecule has 160 valence electrons. The minimum absolute atomic E-state index is 0.00393. The van der Waals surface area contributed by atoms with Crippen LogP contribution in [0.4, 0.5) is 24.5 Å². The average molecular weight is 453 g/mol. The number of benzene rings is 2. The molecule has 4 rings (SSSR count). The standard InChI is InChI=1S/C22H14F3N5OS/c1-21(2)19(31)29(14-4-3-12(9-26)17(7-14)22(23,24)25)20(32)30(21)15-5-6-16-13(10-27)11-28-18(16)8-15/h3-8,11,28H,1-2H3. The number of hydrogen-bond donors (Lipinski definition) is 1. The van der Waals surface area contributed by atoms with E-state index in [1.807, 2.05) is 0 Å². The number of hydrogen-bond acceptors (Lipinski definition) is 4. The number of nitriles is 2. The van der Waals surface area contributed by atoms with Crippen LogP contribution in [0.3, 0.4) is 0 Å². The normalized spacial score (nSPS) is 15.8. The maximum Gasteiger partial charge on any atom is 0.417 e. The summed E-state index contributed by atoms with van der Waals surface area (Å²) in [6.45, 7) is 3.24. The van der Waals surface area contributed by atoms with E-state index in [0.29, 0.717) is 22.2 Å². The maximum atomic E-state index is 13.4. The van der Waals surface area contributed by atoms with Crippen LogP contribution in [0.15, 0.2) is 42.6 Å². The lowest BCUT2D eigenvalue weighted by atomic mass is 10.0. The number of aromatic amines is 1. The number of anilines is 2. The second-order valence-corrected chi connectivity index (χ2v) is 8.07. The van der Waals surface area contributed by atoms with Crippen molar-refractivity contribution in [3.8, 4) is 12.1 Å². The molecule has 0 atom stereocenters. The lowest BCUT2D eigenvalue weighted by Gasteiger charge is -2.29. The van der Waals surface area contributed by atoms with Gasteiger partial charge in [0.25, 0.3) is 5.91 Å². The molecule has 1 saturated heterocycles. The van der Waals surface area contributed by atoms with Gasteiger partial charge in [0, 0.05) is 22.8 Å². The molecule has 1 amide bonds. The first-order valence-electron chi connectivity index (χ1n) is 9.32. The molecule has 0 aliphatic carbocycles. The third-order valence-electron chi connectivity index (χ3n) is 5.40. The van der Waals surface area contributed by atoms with E-state index < -0.39 is 28.7 Å². The van der Waals surface area contributed by atoms with Gasteiger partial charge < -0.3 is 9.88 Å². The van der Waals surface area contributed by atoms with Crippen molar-refractivity contribution in [1.29, 1.82) is 10.5 Å². The SMILES string of the molecule is CC1(C)C(=O)N(c2ccc(C#N)c(C(F)(F)F)c2)C(=S)N1c1ccc2c(C#N)c[nH]c2c1. The van der Waals surface area contributed by atoms with Crippen molar-refractivity contribution >= 4 is 45.5 Å². The van der Waals surface area contributed by atoms with Gasteiger partial charge in [-0.1, -0.05) is 0 Å². The second-order valence-electron chi connectivity index (χ2n) is 7.70. The van der Waals surface area contributed by atoms with Gasteiger partial charge in [-0.25, -0.2) is 0 Å². The first kappa shape index (κ1) is 21.3. The van der Waals surface area contributed by atoms with Crippen molar-refractivity contribution < 1.29 is 18.0 Å². The number of halogens is 3. The van der Waals surface area contributed by atoms with Crippen LogP contribution in [0, 0.1) is 22.7 Å². The molecule has 10 heteroatoms. The van der Waals surface area contributed by atoms with Crippen molar-refractivity contribution in [2.75, 3.05) is 9.80 Å². The highest BCUT2D eigenvalue weighted by Gasteiger charge is 2.50. The van der Waals surface area contributed by atoms with Crippen molar-refractivity contribution in [2.24, 2.45) is 0 Å². The first-order valence-corrected chi connectivity index (χ1v) is 9.73. The minimum Gasteiger partial charge on any atom is -0.360 e. The molecule has 1 aliphatic rings. The van der Waals surface area contributed by atoms with Gasteiger partial charge in [-0.05, 0) is 62.5 Å². The van der Waals surface area contributed by atoms with Crippen molar-refractivity contribution in [3.05, 3.63) is 59.3 Å². The molecule has 0 saturated carbocycles. The Hall–Kier alpha value is -3.89. The van der Waals surface area contributed by atoms with Gasteiger partial charge >= 0.3 is 6.18 Å². The van der Waals surface area contributed by atoms with Gasteiger partial charge in [0.1, 0.15) is 11.6 Å². The number of H-pyrrole nitrogens is 1. The number of nitrogens with zero attached hydrogens (tertiary/aromatic N) is 4. The smallest absolute Gasteiger partial charge is 0.360 e. The molecule has 1 fully saturated rings. The molecular formula is C22H14F3N5OS. The fourth-order valence-electron chi connectivity index (χ4n) is 3.81. The molecule has 1 N–H and O–H groups in total. The van der Waals surface area contributed by atoms with Crippen molar-refractivity contribution in [2.45, 2.75) is 25.6 Å². The molecule has 0 bridgehead atoms. The molecule has 0 unspecified atom stereocenters. The highest BCUT2D eigenvalue weighted by molar-refractivity contribution is 7.81. The van der Waals surface area contributed by atoms with E-state index in [1.54, 1.807) is 43.1 Å². The van der Waals surface area contributed by atoms with E-state index in [0.717, 1.165) is 17.0 Å². The Balaban J connectivity index is 1.82. The van der Waals surface area contributed by atoms with Crippen LogP contribution in [-0.4, -0.2) is 21.5 Å². The zero-order chi connectivity index (χ0) is 23.4. The average Bonchev–Trinajstić information content (AvgIpc) is 3.22. The van der Waals surface area contributed by atoms with Gasteiger partial charge in [0.2, 0.25) is 0 Å². The number of amides is 1. The summed E-state index contributed by atoms with van der Waals surface area (Å²) in [5.41, 5.74) is -1.29. The molecule has 1 aliphatic heterocycles. The molecule has 32 heavy (non-hydrogen) atoms. The molecule has 0 spiro atoms. The van der Waals surface area contributed by atoms with Crippen molar-refractivity contribution in [3.63, 3.8) is 0 Å². The summed E-state index contributed by atoms with van der Waals surface area (Å²) in [7, 11) is 0. The van der Waals surface area contributed by atoms with Crippen LogP contribution in [-0.2, 0) is 11.0 Å². The van der Waals surface area contributed by atoms with Gasteiger partial charge in [0.05, 0.1) is 28.4 Å². The molecule has 6 nitrogen and oxygen atoms in total. The summed E-state index contributed by atoms with van der Waals surface area (Å²) in [6, 6.07) is 11.8. The fraction of sp³-hybridized carbons (Fsp3) is 0.182. The Labute approximate surface area is 186 Å². The maximum absolute atomic E-state index is 13.4. The lowest BCUT2D eigenvalue weighted by molar-refractivity contribution is -0.137. The van der Waals surface area contributed by atoms with E-state index in [1.165, 1.54) is 12.1 Å². The minimum atomic E-state index is -4.77. The van der Waals surface area contributed by atoms with Crippen LogP contribution >= 0.6 is 12.2 Å². The Morgan fingerprint density at radius 2 is 1.69 bits per heavy atom. The number of aromatic nitrogens is 1. The number of fused-ring (bicyclic) bond motifs is 1. The zero-order valence-electron chi connectivity index (χ0n) is 16.8. The Kier molecular flexibility index (Phi) is 4.72. The summed E-state index contributed by atoms with van der Waals surface area (Å²) in [4.78, 5) is 18.8. The highest BCUT2D eigenvalue weighted by atomic mass is 32.1. The van der Waals surface area contributed by atoms with E-state index in [-0.39, 0.29) is 10.8 Å². The Morgan fingerprint density at radius 1 is 1.03 bits per heavy atom. The van der Waals surface area contributed by atoms with E-state index in [9.17, 15) is 23.2 Å². The summed E-state index contributed by atoms with van der Waals surface area (Å²) in [6.07, 6.45) is -3.20. The quantitative estimate of drug-likeness (QED) is 0.561. The predicted octanol–water partition coefficient (Wildman–Crippen LogP) is 4.85. The number of alkyl halides is 3. The van der Waals surface area contributed by atoms with Crippen LogP contribution < -0.4 is 9.80 Å². The summed E-state index contributed by atoms with van der Waals surface area (Å²) in [5, 5.41) is 18.9. The molecule has 3 aromatic rings. The van der Waals surface area contributed by atoms with E-state index >= 15 is 0 Å². The molecule has 0 radical (unpaired) electrons. The molecule has 1 aromatic heterocycles. The fourth-order valence-corrected chi connectivity index (χ4v) is 4.33. The summed E-state index contributed by atoms with van der Waals surface area (Å²) in [5.74, 6) is -0.510. The van der Waals surface area contributed by atoms with Gasteiger partial charge in [-0.2, -0.15) is 23.7 Å². The number of carbonyl (C=O) groups is 1. The monoisotopic (exact) mass is 453 g/mol. The van der Waals surface area contributed by atoms with Gasteiger partial charge in [0.15, 0.2) is 5.11 Å². The second kappa shape index (κ2) is 7.08. The topological polar surface area (TPSA) is 86.9 Å². The predicted molar refractivity (Wildman–Crippen MR) is 116 cm³/mol. The third kappa shape index (κ3) is 3.08. The van der Waals surface area contributed by atoms with Crippen molar-refractivity contribution in [1.82, 2.24) is 4.98 Å². The van der Waals surface area contributed by atoms with Crippen LogP contribution in [0.5, 0.6) is 0 Å². The molecule has 2 heterocycles. The van der Waals surface area contributed by atoms with E-state index in [4.69, 9.17) is 17.5 Å². The third-order valence-corrected chi connectivity index (χ3v) is 5.76. The van der Waals surface area contributed by atoms with Gasteiger partial charge in [-0.15, -0.1) is 0 Å². The van der Waals surface area contributed by atoms with Gasteiger partial charge in [-0.3, -0.25) is 9.69 Å². The number of carbonyl (C=O) groups excluding carboxylic acids is 1. The lowest BCUT2D eigenvalue weighted by Crippen LogP contribution is -2.44. The number of thiocarbonyl (C=S) groups is 1. The number of rotatable bonds is 2. The Bertz CT molecular complexity index is 1380. The largest absolute Gasteiger partial charge is 0.417 e. The summed E-state index contributed by atoms with van der Waals surface area (Å²) >= 11 is 5.52. The summed E-state index contributed by atoms with van der Waals surface area (Å²) < 4.78 is 40.3. The highest BCUT2D eigenvalue weighted by Crippen LogP contribution is 2.40. The molecule has 2 aromatic carbocycles.